The van der Waals surface area contributed by atoms with Gasteiger partial charge in [0.15, 0.2) is 0 Å². The van der Waals surface area contributed by atoms with Crippen molar-refractivity contribution in [3.05, 3.63) is 29.8 Å². The summed E-state index contributed by atoms with van der Waals surface area (Å²) in [6, 6.07) is 8.85. The largest absolute Gasteiger partial charge is 0.394 e. The molecule has 0 atom stereocenters. The smallest absolute Gasteiger partial charge is 0.0698 e. The van der Waals surface area contributed by atoms with Gasteiger partial charge in [-0.05, 0) is 37.0 Å². The van der Waals surface area contributed by atoms with E-state index in [1.807, 2.05) is 0 Å². The maximum Gasteiger partial charge on any atom is 0.0698 e. The normalized spacial score (nSPS) is 15.6. The van der Waals surface area contributed by atoms with Crippen LogP contribution in [-0.2, 0) is 11.3 Å². The molecule has 0 spiro atoms. The van der Waals surface area contributed by atoms with E-state index in [9.17, 15) is 0 Å². The molecule has 2 rings (SSSR count). The number of hydrogen-bond donors (Lipinski definition) is 2. The first-order valence-corrected chi connectivity index (χ1v) is 7.63. The Kier molecular flexibility index (Phi) is 6.84. The molecule has 0 unspecified atom stereocenters. The van der Waals surface area contributed by atoms with Gasteiger partial charge in [-0.2, -0.15) is 0 Å². The van der Waals surface area contributed by atoms with Gasteiger partial charge in [-0.15, -0.1) is 0 Å². The van der Waals surface area contributed by atoms with E-state index >= 15 is 0 Å². The molecule has 20 heavy (non-hydrogen) atoms. The minimum absolute atomic E-state index is 0.0952. The average molecular weight is 278 g/mol. The Labute approximate surface area is 121 Å². The van der Waals surface area contributed by atoms with Crippen molar-refractivity contribution in [2.45, 2.75) is 25.8 Å². The molecule has 0 radical (unpaired) electrons. The van der Waals surface area contributed by atoms with E-state index < -0.39 is 0 Å². The third kappa shape index (κ3) is 5.12. The third-order valence-electron chi connectivity index (χ3n) is 3.65. The number of anilines is 1. The van der Waals surface area contributed by atoms with Gasteiger partial charge in [0, 0.05) is 31.9 Å². The Morgan fingerprint density at radius 2 is 1.80 bits per heavy atom. The van der Waals surface area contributed by atoms with E-state index in [0.29, 0.717) is 13.2 Å². The lowest BCUT2D eigenvalue weighted by Gasteiger charge is -2.28. The van der Waals surface area contributed by atoms with Crippen molar-refractivity contribution in [1.82, 2.24) is 5.32 Å². The van der Waals surface area contributed by atoms with Crippen LogP contribution in [-0.4, -0.2) is 44.6 Å². The third-order valence-corrected chi connectivity index (χ3v) is 3.65. The van der Waals surface area contributed by atoms with Crippen LogP contribution in [0.3, 0.4) is 0 Å². The number of piperidine rings is 1. The summed E-state index contributed by atoms with van der Waals surface area (Å²) in [5.41, 5.74) is 2.65. The summed E-state index contributed by atoms with van der Waals surface area (Å²) >= 11 is 0. The molecule has 0 bridgehead atoms. The molecule has 1 aromatic rings. The van der Waals surface area contributed by atoms with Crippen LogP contribution in [0, 0.1) is 0 Å². The van der Waals surface area contributed by atoms with Gasteiger partial charge in [0.25, 0.3) is 0 Å². The monoisotopic (exact) mass is 278 g/mol. The van der Waals surface area contributed by atoms with Gasteiger partial charge in [0.05, 0.1) is 19.8 Å². The first-order valence-electron chi connectivity index (χ1n) is 7.63. The van der Waals surface area contributed by atoms with E-state index in [4.69, 9.17) is 9.84 Å². The minimum atomic E-state index is 0.0952. The van der Waals surface area contributed by atoms with Gasteiger partial charge in [0.1, 0.15) is 0 Å². The number of nitrogens with zero attached hydrogens (tertiary/aromatic N) is 1. The Balaban J connectivity index is 1.68. The molecule has 0 aliphatic carbocycles. The van der Waals surface area contributed by atoms with Gasteiger partial charge >= 0.3 is 0 Å². The van der Waals surface area contributed by atoms with Crippen LogP contribution in [0.15, 0.2) is 24.3 Å². The zero-order valence-electron chi connectivity index (χ0n) is 12.2. The summed E-state index contributed by atoms with van der Waals surface area (Å²) < 4.78 is 5.20. The molecule has 2 N–H and O–H groups in total. The topological polar surface area (TPSA) is 44.7 Å². The SMILES string of the molecule is OCCOCCNCc1ccc(N2CCCCC2)cc1. The highest BCUT2D eigenvalue weighted by atomic mass is 16.5. The summed E-state index contributed by atoms with van der Waals surface area (Å²) in [7, 11) is 0. The number of nitrogens with one attached hydrogen (secondary N) is 1. The standard InChI is InChI=1S/C16H26N2O2/c19-11-13-20-12-8-17-14-15-4-6-16(7-5-15)18-9-2-1-3-10-18/h4-7,17,19H,1-3,8-14H2. The van der Waals surface area contributed by atoms with Gasteiger partial charge in [-0.25, -0.2) is 0 Å². The van der Waals surface area contributed by atoms with Crippen molar-refractivity contribution in [2.24, 2.45) is 0 Å². The summed E-state index contributed by atoms with van der Waals surface area (Å²) in [6.45, 7) is 5.23. The predicted octanol–water partition coefficient (Wildman–Crippen LogP) is 1.78. The highest BCUT2D eigenvalue weighted by molar-refractivity contribution is 5.47. The van der Waals surface area contributed by atoms with Gasteiger partial charge in [-0.1, -0.05) is 12.1 Å². The quantitative estimate of drug-likeness (QED) is 0.712. The van der Waals surface area contributed by atoms with Crippen LogP contribution in [0.4, 0.5) is 5.69 Å². The Bertz CT molecular complexity index is 361. The molecule has 1 aliphatic heterocycles. The van der Waals surface area contributed by atoms with Crippen molar-refractivity contribution < 1.29 is 9.84 Å². The number of rotatable bonds is 8. The van der Waals surface area contributed by atoms with Crippen LogP contribution in [0.2, 0.25) is 0 Å². The average Bonchev–Trinajstić information content (AvgIpc) is 2.52. The minimum Gasteiger partial charge on any atom is -0.394 e. The van der Waals surface area contributed by atoms with E-state index in [-0.39, 0.29) is 6.61 Å². The fourth-order valence-corrected chi connectivity index (χ4v) is 2.52. The fraction of sp³-hybridized carbons (Fsp3) is 0.625. The fourth-order valence-electron chi connectivity index (χ4n) is 2.52. The first-order chi connectivity index (χ1) is 9.90. The molecule has 1 heterocycles. The number of aliphatic hydroxyl groups is 1. The number of aliphatic hydroxyl groups excluding tert-OH is 1. The second-order valence-electron chi connectivity index (χ2n) is 5.23. The summed E-state index contributed by atoms with van der Waals surface area (Å²) in [5.74, 6) is 0. The molecular formula is C16H26N2O2. The second-order valence-corrected chi connectivity index (χ2v) is 5.23. The molecule has 0 saturated carbocycles. The highest BCUT2D eigenvalue weighted by Crippen LogP contribution is 2.20. The van der Waals surface area contributed by atoms with E-state index in [0.717, 1.165) is 13.1 Å². The molecule has 0 aromatic heterocycles. The lowest BCUT2D eigenvalue weighted by atomic mass is 10.1. The number of benzene rings is 1. The molecule has 0 amide bonds. The molecule has 1 aliphatic rings. The highest BCUT2D eigenvalue weighted by Gasteiger charge is 2.10. The van der Waals surface area contributed by atoms with Crippen LogP contribution >= 0.6 is 0 Å². The lowest BCUT2D eigenvalue weighted by Crippen LogP contribution is -2.29. The van der Waals surface area contributed by atoms with Crippen molar-refractivity contribution >= 4 is 5.69 Å². The summed E-state index contributed by atoms with van der Waals surface area (Å²) in [6.07, 6.45) is 4.01. The summed E-state index contributed by atoms with van der Waals surface area (Å²) in [4.78, 5) is 2.48. The molecule has 4 nitrogen and oxygen atoms in total. The Morgan fingerprint density at radius 1 is 1.05 bits per heavy atom. The second kappa shape index (κ2) is 8.95. The van der Waals surface area contributed by atoms with Gasteiger partial charge in [0.2, 0.25) is 0 Å². The first kappa shape index (κ1) is 15.3. The Morgan fingerprint density at radius 3 is 2.50 bits per heavy atom. The van der Waals surface area contributed by atoms with Crippen molar-refractivity contribution in [3.8, 4) is 0 Å². The molecule has 112 valence electrons. The van der Waals surface area contributed by atoms with Crippen molar-refractivity contribution in [3.63, 3.8) is 0 Å². The zero-order chi connectivity index (χ0) is 14.0. The van der Waals surface area contributed by atoms with E-state index in [1.165, 1.54) is 43.6 Å². The van der Waals surface area contributed by atoms with Crippen LogP contribution < -0.4 is 10.2 Å². The molecule has 1 fully saturated rings. The van der Waals surface area contributed by atoms with E-state index in [2.05, 4.69) is 34.5 Å². The maximum absolute atomic E-state index is 8.58. The predicted molar refractivity (Wildman–Crippen MR) is 82.1 cm³/mol. The van der Waals surface area contributed by atoms with Gasteiger partial charge < -0.3 is 20.1 Å². The molecule has 4 heteroatoms. The number of ether oxygens (including phenoxy) is 1. The Hall–Kier alpha value is -1.10. The zero-order valence-corrected chi connectivity index (χ0v) is 12.2. The summed E-state index contributed by atoms with van der Waals surface area (Å²) in [5, 5.41) is 11.9. The molecular weight excluding hydrogens is 252 g/mol. The van der Waals surface area contributed by atoms with Crippen LogP contribution in [0.1, 0.15) is 24.8 Å². The number of hydrogen-bond acceptors (Lipinski definition) is 4. The molecule has 1 saturated heterocycles. The maximum atomic E-state index is 8.58. The van der Waals surface area contributed by atoms with Crippen LogP contribution in [0.5, 0.6) is 0 Å². The van der Waals surface area contributed by atoms with Crippen molar-refractivity contribution in [2.75, 3.05) is 44.4 Å². The van der Waals surface area contributed by atoms with Gasteiger partial charge in [-0.3, -0.25) is 0 Å². The van der Waals surface area contributed by atoms with Crippen LogP contribution in [0.25, 0.3) is 0 Å². The van der Waals surface area contributed by atoms with Crippen molar-refractivity contribution in [1.29, 1.82) is 0 Å². The lowest BCUT2D eigenvalue weighted by molar-refractivity contribution is 0.0938. The van der Waals surface area contributed by atoms with E-state index in [1.54, 1.807) is 0 Å². The molecule has 1 aromatic carbocycles.